The smallest absolute Gasteiger partial charge is 0.115 e. The van der Waals surface area contributed by atoms with Crippen LogP contribution in [0.25, 0.3) is 10.8 Å². The van der Waals surface area contributed by atoms with E-state index in [9.17, 15) is 0 Å². The quantitative estimate of drug-likeness (QED) is 0.298. The molecule has 0 bridgehead atoms. The first-order chi connectivity index (χ1) is 13.9. The first-order valence-electron chi connectivity index (χ1n) is 10.5. The van der Waals surface area contributed by atoms with Gasteiger partial charge in [0.2, 0.25) is 0 Å². The van der Waals surface area contributed by atoms with Crippen LogP contribution >= 0.6 is 0 Å². The highest BCUT2D eigenvalue weighted by molar-refractivity contribution is 5.94. The summed E-state index contributed by atoms with van der Waals surface area (Å²) in [5.41, 5.74) is 1.34. The molecule has 3 rings (SSSR count). The number of allylic oxidation sites excluding steroid dienone is 3. The number of benzene rings is 2. The van der Waals surface area contributed by atoms with Gasteiger partial charge in [0.15, 0.2) is 0 Å². The second-order valence-corrected chi connectivity index (χ2v) is 7.26. The van der Waals surface area contributed by atoms with Crippen molar-refractivity contribution in [2.75, 3.05) is 24.6 Å². The Kier molecular flexibility index (Phi) is 8.24. The Hall–Kier alpha value is -2.48. The standard InChI is InChI=1S/C26H32NO/c1-2-3-20-27(26-19-13-15-23-14-9-10-18-25(23)26)21-11-4-5-12-22-28-24-16-7-6-8-17-24/h2,6-7,9-10,13-19H,1,3-5,8,11-12,20-22H2. The number of hydrogen-bond donors (Lipinski definition) is 0. The number of unbranched alkanes of at least 4 members (excludes halogenated alkanes) is 3. The Morgan fingerprint density at radius 1 is 0.964 bits per heavy atom. The summed E-state index contributed by atoms with van der Waals surface area (Å²) in [5, 5.41) is 2.65. The van der Waals surface area contributed by atoms with Crippen LogP contribution in [0.3, 0.4) is 0 Å². The number of nitrogens with zero attached hydrogens (tertiary/aromatic N) is 1. The number of rotatable bonds is 12. The van der Waals surface area contributed by atoms with Gasteiger partial charge in [-0.15, -0.1) is 6.58 Å². The summed E-state index contributed by atoms with van der Waals surface area (Å²) < 4.78 is 5.81. The predicted octanol–water partition coefficient (Wildman–Crippen LogP) is 6.85. The normalized spacial score (nSPS) is 13.4. The molecule has 0 fully saturated rings. The number of fused-ring (bicyclic) bond motifs is 1. The fourth-order valence-electron chi connectivity index (χ4n) is 3.63. The number of hydrogen-bond acceptors (Lipinski definition) is 2. The molecular formula is C26H32NO. The maximum absolute atomic E-state index is 5.81. The fourth-order valence-corrected chi connectivity index (χ4v) is 3.63. The van der Waals surface area contributed by atoms with Crippen molar-refractivity contribution in [3.8, 4) is 0 Å². The van der Waals surface area contributed by atoms with Crippen LogP contribution in [0.4, 0.5) is 5.69 Å². The zero-order valence-electron chi connectivity index (χ0n) is 16.9. The highest BCUT2D eigenvalue weighted by Crippen LogP contribution is 2.27. The largest absolute Gasteiger partial charge is 0.494 e. The van der Waals surface area contributed by atoms with E-state index in [1.807, 2.05) is 12.2 Å². The van der Waals surface area contributed by atoms with E-state index in [4.69, 9.17) is 4.74 Å². The Bertz CT molecular complexity index is 800. The summed E-state index contributed by atoms with van der Waals surface area (Å²) in [6, 6.07) is 15.3. The van der Waals surface area contributed by atoms with Gasteiger partial charge in [-0.3, -0.25) is 0 Å². The van der Waals surface area contributed by atoms with Gasteiger partial charge < -0.3 is 9.64 Å². The molecule has 0 aromatic heterocycles. The molecule has 1 aliphatic carbocycles. The van der Waals surface area contributed by atoms with E-state index < -0.39 is 0 Å². The van der Waals surface area contributed by atoms with E-state index in [0.29, 0.717) is 0 Å². The van der Waals surface area contributed by atoms with Crippen molar-refractivity contribution in [3.05, 3.63) is 85.5 Å². The molecule has 1 aliphatic rings. The van der Waals surface area contributed by atoms with Gasteiger partial charge in [-0.05, 0) is 55.7 Å². The molecule has 0 aliphatic heterocycles. The van der Waals surface area contributed by atoms with Crippen LogP contribution in [-0.2, 0) is 4.74 Å². The van der Waals surface area contributed by atoms with Crippen LogP contribution in [0.1, 0.15) is 38.5 Å². The molecule has 0 amide bonds. The van der Waals surface area contributed by atoms with Crippen LogP contribution in [0.5, 0.6) is 0 Å². The van der Waals surface area contributed by atoms with E-state index in [1.54, 1.807) is 0 Å². The molecule has 0 atom stereocenters. The Labute approximate surface area is 170 Å². The lowest BCUT2D eigenvalue weighted by Crippen LogP contribution is -2.25. The van der Waals surface area contributed by atoms with Crippen molar-refractivity contribution in [3.63, 3.8) is 0 Å². The van der Waals surface area contributed by atoms with Crippen molar-refractivity contribution < 1.29 is 4.74 Å². The average molecular weight is 375 g/mol. The highest BCUT2D eigenvalue weighted by Gasteiger charge is 2.09. The van der Waals surface area contributed by atoms with Gasteiger partial charge in [0, 0.05) is 24.2 Å². The van der Waals surface area contributed by atoms with Crippen molar-refractivity contribution in [1.82, 2.24) is 0 Å². The Morgan fingerprint density at radius 2 is 1.82 bits per heavy atom. The molecule has 2 heteroatoms. The Morgan fingerprint density at radius 3 is 2.68 bits per heavy atom. The molecule has 0 N–H and O–H groups in total. The third-order valence-corrected chi connectivity index (χ3v) is 5.15. The molecule has 147 valence electrons. The Balaban J connectivity index is 1.46. The second kappa shape index (κ2) is 11.4. The molecule has 0 spiro atoms. The summed E-state index contributed by atoms with van der Waals surface area (Å²) in [5.74, 6) is 1.02. The minimum absolute atomic E-state index is 0.819. The molecule has 28 heavy (non-hydrogen) atoms. The zero-order chi connectivity index (χ0) is 19.4. The van der Waals surface area contributed by atoms with Crippen LogP contribution < -0.4 is 4.90 Å². The third-order valence-electron chi connectivity index (χ3n) is 5.15. The second-order valence-electron chi connectivity index (χ2n) is 7.26. The SMILES string of the molecule is C=CCCN(CCCCCCOC1=CC[CH]C=C1)c1cccc2ccccc12. The average Bonchev–Trinajstić information content (AvgIpc) is 2.75. The topological polar surface area (TPSA) is 12.5 Å². The lowest BCUT2D eigenvalue weighted by Gasteiger charge is -2.26. The van der Waals surface area contributed by atoms with Crippen molar-refractivity contribution in [2.24, 2.45) is 0 Å². The van der Waals surface area contributed by atoms with Gasteiger partial charge in [-0.25, -0.2) is 0 Å². The van der Waals surface area contributed by atoms with Crippen LogP contribution in [0.2, 0.25) is 0 Å². The van der Waals surface area contributed by atoms with Gasteiger partial charge in [0.25, 0.3) is 0 Å². The number of anilines is 1. The first-order valence-corrected chi connectivity index (χ1v) is 10.5. The van der Waals surface area contributed by atoms with Crippen LogP contribution in [0, 0.1) is 6.42 Å². The number of ether oxygens (including phenoxy) is 1. The van der Waals surface area contributed by atoms with Gasteiger partial charge in [0.1, 0.15) is 5.76 Å². The van der Waals surface area contributed by atoms with E-state index in [1.165, 1.54) is 35.7 Å². The molecule has 2 nitrogen and oxygen atoms in total. The monoisotopic (exact) mass is 374 g/mol. The van der Waals surface area contributed by atoms with Gasteiger partial charge in [0.05, 0.1) is 6.61 Å². The van der Waals surface area contributed by atoms with Crippen molar-refractivity contribution in [2.45, 2.75) is 38.5 Å². The van der Waals surface area contributed by atoms with Crippen molar-refractivity contribution >= 4 is 16.5 Å². The minimum Gasteiger partial charge on any atom is -0.494 e. The maximum Gasteiger partial charge on any atom is 0.115 e. The summed E-state index contributed by atoms with van der Waals surface area (Å²) in [7, 11) is 0. The van der Waals surface area contributed by atoms with Crippen LogP contribution in [0.15, 0.2) is 79.1 Å². The first kappa shape index (κ1) is 20.3. The van der Waals surface area contributed by atoms with E-state index in [2.05, 4.69) is 72.5 Å². The summed E-state index contributed by atoms with van der Waals surface area (Å²) in [6.07, 6.45) is 17.2. The molecular weight excluding hydrogens is 342 g/mol. The molecule has 0 unspecified atom stereocenters. The van der Waals surface area contributed by atoms with Crippen molar-refractivity contribution in [1.29, 1.82) is 0 Å². The fraction of sp³-hybridized carbons (Fsp3) is 0.346. The van der Waals surface area contributed by atoms with E-state index >= 15 is 0 Å². The molecule has 2 aromatic carbocycles. The van der Waals surface area contributed by atoms with Gasteiger partial charge >= 0.3 is 0 Å². The van der Waals surface area contributed by atoms with E-state index in [0.717, 1.165) is 44.7 Å². The molecule has 1 radical (unpaired) electrons. The maximum atomic E-state index is 5.81. The lowest BCUT2D eigenvalue weighted by atomic mass is 10.1. The molecule has 0 heterocycles. The minimum atomic E-state index is 0.819. The molecule has 0 saturated carbocycles. The highest BCUT2D eigenvalue weighted by atomic mass is 16.5. The molecule has 0 saturated heterocycles. The zero-order valence-corrected chi connectivity index (χ0v) is 16.9. The lowest BCUT2D eigenvalue weighted by molar-refractivity contribution is 0.215. The third kappa shape index (κ3) is 6.02. The van der Waals surface area contributed by atoms with Crippen LogP contribution in [-0.4, -0.2) is 19.7 Å². The van der Waals surface area contributed by atoms with Gasteiger partial charge in [-0.1, -0.05) is 61.4 Å². The summed E-state index contributed by atoms with van der Waals surface area (Å²) in [6.45, 7) is 6.84. The summed E-state index contributed by atoms with van der Waals surface area (Å²) in [4.78, 5) is 2.52. The molecule has 2 aromatic rings. The van der Waals surface area contributed by atoms with Gasteiger partial charge in [-0.2, -0.15) is 0 Å². The summed E-state index contributed by atoms with van der Waals surface area (Å²) >= 11 is 0. The predicted molar refractivity (Wildman–Crippen MR) is 122 cm³/mol. The van der Waals surface area contributed by atoms with E-state index in [-0.39, 0.29) is 0 Å².